The molecule has 2 unspecified atom stereocenters. The number of furan rings is 1. The Morgan fingerprint density at radius 3 is 2.94 bits per heavy atom. The van der Waals surface area contributed by atoms with Crippen LogP contribution < -0.4 is 5.32 Å². The molecule has 1 aliphatic heterocycles. The molecule has 2 atom stereocenters. The number of nitrogens with one attached hydrogen (secondary N) is 1. The second-order valence-corrected chi connectivity index (χ2v) is 4.89. The zero-order valence-corrected chi connectivity index (χ0v) is 10.6. The van der Waals surface area contributed by atoms with E-state index in [9.17, 15) is 4.79 Å². The molecule has 0 amide bonds. The molecule has 4 heteroatoms. The molecular formula is C13H19NO3. The van der Waals surface area contributed by atoms with Crippen molar-refractivity contribution in [1.29, 1.82) is 0 Å². The number of piperidine rings is 1. The van der Waals surface area contributed by atoms with Crippen LogP contribution in [-0.4, -0.2) is 25.2 Å². The summed E-state index contributed by atoms with van der Waals surface area (Å²) >= 11 is 0. The Morgan fingerprint density at radius 1 is 1.59 bits per heavy atom. The molecular weight excluding hydrogens is 218 g/mol. The van der Waals surface area contributed by atoms with E-state index in [0.29, 0.717) is 6.42 Å². The summed E-state index contributed by atoms with van der Waals surface area (Å²) in [7, 11) is 1.43. The minimum absolute atomic E-state index is 0.203. The zero-order valence-electron chi connectivity index (χ0n) is 10.6. The Morgan fingerprint density at radius 2 is 2.35 bits per heavy atom. The molecule has 1 N–H and O–H groups in total. The van der Waals surface area contributed by atoms with Crippen LogP contribution in [0.3, 0.4) is 0 Å². The molecule has 2 rings (SSSR count). The van der Waals surface area contributed by atoms with Crippen LogP contribution in [0.1, 0.15) is 37.2 Å². The highest BCUT2D eigenvalue weighted by molar-refractivity contribution is 5.80. The summed E-state index contributed by atoms with van der Waals surface area (Å²) in [5, 5.41) is 3.24. The maximum atomic E-state index is 11.8. The summed E-state index contributed by atoms with van der Waals surface area (Å²) in [4.78, 5) is 11.8. The highest BCUT2D eigenvalue weighted by Crippen LogP contribution is 2.34. The van der Waals surface area contributed by atoms with Crippen molar-refractivity contribution < 1.29 is 13.9 Å². The van der Waals surface area contributed by atoms with E-state index < -0.39 is 5.54 Å². The van der Waals surface area contributed by atoms with Crippen LogP contribution >= 0.6 is 0 Å². The van der Waals surface area contributed by atoms with E-state index in [4.69, 9.17) is 9.15 Å². The van der Waals surface area contributed by atoms with Crippen LogP contribution in [0.2, 0.25) is 0 Å². The molecule has 0 aromatic carbocycles. The highest BCUT2D eigenvalue weighted by atomic mass is 16.5. The third-order valence-electron chi connectivity index (χ3n) is 3.46. The Kier molecular flexibility index (Phi) is 3.24. The molecule has 0 bridgehead atoms. The van der Waals surface area contributed by atoms with E-state index in [2.05, 4.69) is 5.32 Å². The van der Waals surface area contributed by atoms with E-state index in [1.54, 1.807) is 0 Å². The molecule has 0 aliphatic carbocycles. The lowest BCUT2D eigenvalue weighted by Gasteiger charge is -2.36. The Bertz CT molecular complexity index is 413. The third-order valence-corrected chi connectivity index (χ3v) is 3.46. The minimum atomic E-state index is -0.599. The Balaban J connectivity index is 2.14. The summed E-state index contributed by atoms with van der Waals surface area (Å²) < 4.78 is 10.5. The lowest BCUT2D eigenvalue weighted by Crippen LogP contribution is -2.54. The third kappa shape index (κ3) is 2.36. The smallest absolute Gasteiger partial charge is 0.325 e. The van der Waals surface area contributed by atoms with Crippen molar-refractivity contribution in [3.05, 3.63) is 23.7 Å². The number of aryl methyl sites for hydroxylation is 1. The molecule has 1 fully saturated rings. The van der Waals surface area contributed by atoms with Gasteiger partial charge in [-0.1, -0.05) is 0 Å². The van der Waals surface area contributed by atoms with E-state index in [0.717, 1.165) is 24.5 Å². The van der Waals surface area contributed by atoms with Crippen LogP contribution in [0, 0.1) is 6.92 Å². The number of methoxy groups -OCH3 is 1. The van der Waals surface area contributed by atoms with Gasteiger partial charge in [-0.25, -0.2) is 0 Å². The molecule has 94 valence electrons. The SMILES string of the molecule is COC(=O)C1(C)CC(c2ccc(C)o2)CCN1. The van der Waals surface area contributed by atoms with Gasteiger partial charge >= 0.3 is 5.97 Å². The topological polar surface area (TPSA) is 51.5 Å². The van der Waals surface area contributed by atoms with Gasteiger partial charge in [0.15, 0.2) is 0 Å². The van der Waals surface area contributed by atoms with Crippen molar-refractivity contribution in [3.63, 3.8) is 0 Å². The average Bonchev–Trinajstić information content (AvgIpc) is 2.75. The van der Waals surface area contributed by atoms with Crippen LogP contribution in [0.15, 0.2) is 16.5 Å². The first-order chi connectivity index (χ1) is 8.05. The molecule has 0 spiro atoms. The van der Waals surface area contributed by atoms with E-state index in [1.165, 1.54) is 7.11 Å². The Labute approximate surface area is 101 Å². The number of hydrogen-bond acceptors (Lipinski definition) is 4. The summed E-state index contributed by atoms with van der Waals surface area (Å²) in [6.45, 7) is 4.63. The van der Waals surface area contributed by atoms with Gasteiger partial charge in [-0.15, -0.1) is 0 Å². The van der Waals surface area contributed by atoms with Gasteiger partial charge in [-0.3, -0.25) is 4.79 Å². The van der Waals surface area contributed by atoms with Gasteiger partial charge in [0.2, 0.25) is 0 Å². The van der Waals surface area contributed by atoms with E-state index >= 15 is 0 Å². The van der Waals surface area contributed by atoms with Gasteiger partial charge in [0.1, 0.15) is 17.1 Å². The lowest BCUT2D eigenvalue weighted by molar-refractivity contribution is -0.149. The Hall–Kier alpha value is -1.29. The summed E-state index contributed by atoms with van der Waals surface area (Å²) in [5.74, 6) is 1.97. The quantitative estimate of drug-likeness (QED) is 0.799. The zero-order chi connectivity index (χ0) is 12.5. The number of carbonyl (C=O) groups is 1. The molecule has 1 aliphatic rings. The number of esters is 1. The molecule has 0 radical (unpaired) electrons. The second-order valence-electron chi connectivity index (χ2n) is 4.89. The van der Waals surface area contributed by atoms with Crippen molar-refractivity contribution >= 4 is 5.97 Å². The number of hydrogen-bond donors (Lipinski definition) is 1. The average molecular weight is 237 g/mol. The second kappa shape index (κ2) is 4.53. The number of carbonyl (C=O) groups excluding carboxylic acids is 1. The molecule has 1 aromatic rings. The summed E-state index contributed by atoms with van der Waals surface area (Å²) in [6.07, 6.45) is 1.70. The monoisotopic (exact) mass is 237 g/mol. The lowest BCUT2D eigenvalue weighted by atomic mass is 9.82. The van der Waals surface area contributed by atoms with Crippen LogP contribution in [0.25, 0.3) is 0 Å². The van der Waals surface area contributed by atoms with Crippen molar-refractivity contribution in [3.8, 4) is 0 Å². The summed E-state index contributed by atoms with van der Waals surface area (Å²) in [6, 6.07) is 3.97. The number of ether oxygens (including phenoxy) is 1. The van der Waals surface area contributed by atoms with E-state index in [-0.39, 0.29) is 11.9 Å². The van der Waals surface area contributed by atoms with Gasteiger partial charge < -0.3 is 14.5 Å². The molecule has 1 aromatic heterocycles. The van der Waals surface area contributed by atoms with Crippen molar-refractivity contribution in [2.24, 2.45) is 0 Å². The standard InChI is InChI=1S/C13H19NO3/c1-9-4-5-11(17-9)10-6-7-14-13(2,8-10)12(15)16-3/h4-5,10,14H,6-8H2,1-3H3. The predicted octanol–water partition coefficient (Wildman–Crippen LogP) is 1.99. The molecule has 4 nitrogen and oxygen atoms in total. The van der Waals surface area contributed by atoms with Gasteiger partial charge in [-0.05, 0) is 45.4 Å². The molecule has 1 saturated heterocycles. The first kappa shape index (κ1) is 12.2. The maximum absolute atomic E-state index is 11.8. The molecule has 17 heavy (non-hydrogen) atoms. The molecule has 0 saturated carbocycles. The van der Waals surface area contributed by atoms with Crippen molar-refractivity contribution in [1.82, 2.24) is 5.32 Å². The van der Waals surface area contributed by atoms with E-state index in [1.807, 2.05) is 26.0 Å². The summed E-state index contributed by atoms with van der Waals surface area (Å²) in [5.41, 5.74) is -0.599. The fourth-order valence-electron chi connectivity index (χ4n) is 2.49. The van der Waals surface area contributed by atoms with Gasteiger partial charge in [0.05, 0.1) is 7.11 Å². The van der Waals surface area contributed by atoms with Crippen molar-refractivity contribution in [2.45, 2.75) is 38.1 Å². The van der Waals surface area contributed by atoms with Crippen LogP contribution in [-0.2, 0) is 9.53 Å². The maximum Gasteiger partial charge on any atom is 0.325 e. The minimum Gasteiger partial charge on any atom is -0.468 e. The van der Waals surface area contributed by atoms with Gasteiger partial charge in [-0.2, -0.15) is 0 Å². The number of rotatable bonds is 2. The normalized spacial score (nSPS) is 29.0. The predicted molar refractivity (Wildman–Crippen MR) is 63.8 cm³/mol. The largest absolute Gasteiger partial charge is 0.468 e. The van der Waals surface area contributed by atoms with Crippen LogP contribution in [0.5, 0.6) is 0 Å². The fraction of sp³-hybridized carbons (Fsp3) is 0.615. The van der Waals surface area contributed by atoms with Gasteiger partial charge in [0.25, 0.3) is 0 Å². The first-order valence-corrected chi connectivity index (χ1v) is 5.95. The highest BCUT2D eigenvalue weighted by Gasteiger charge is 2.40. The van der Waals surface area contributed by atoms with Crippen molar-refractivity contribution in [2.75, 3.05) is 13.7 Å². The van der Waals surface area contributed by atoms with Gasteiger partial charge in [0, 0.05) is 5.92 Å². The van der Waals surface area contributed by atoms with Crippen LogP contribution in [0.4, 0.5) is 0 Å². The molecule has 2 heterocycles. The fourth-order valence-corrected chi connectivity index (χ4v) is 2.49. The first-order valence-electron chi connectivity index (χ1n) is 5.95.